The van der Waals surface area contributed by atoms with Crippen LogP contribution in [-0.2, 0) is 0 Å². The lowest BCUT2D eigenvalue weighted by Gasteiger charge is -2.46. The Hall–Kier alpha value is -2.78. The van der Waals surface area contributed by atoms with E-state index >= 15 is 0 Å². The first-order valence-corrected chi connectivity index (χ1v) is 11.3. The summed E-state index contributed by atoms with van der Waals surface area (Å²) in [5.74, 6) is 0. The van der Waals surface area contributed by atoms with Gasteiger partial charge in [-0.2, -0.15) is 0 Å². The number of hydrogen-bond donors (Lipinski definition) is 0. The standard InChI is InChI=1S/C27H29N3/c1-19-17-27-24(18-26(19)29-20(2)28-15-8-11-22(29)14-16-28)23-12-6-7-13-25(23)30(27)21-9-4-3-5-10-21/h3-7,9-10,12-13,17-18,20,22H,8,11,14-16H2,1-2H3. The predicted octanol–water partition coefficient (Wildman–Crippen LogP) is 6.11. The number of benzene rings is 3. The zero-order valence-electron chi connectivity index (χ0n) is 17.9. The number of rotatable bonds is 2. The van der Waals surface area contributed by atoms with Gasteiger partial charge in [-0.05, 0) is 69.0 Å². The number of fused-ring (bicyclic) bond motifs is 7. The Kier molecular flexibility index (Phi) is 4.14. The first-order valence-electron chi connectivity index (χ1n) is 11.3. The normalized spacial score (nSPS) is 23.9. The lowest BCUT2D eigenvalue weighted by atomic mass is 10.0. The number of hydrogen-bond acceptors (Lipinski definition) is 2. The fourth-order valence-electron chi connectivity index (χ4n) is 5.87. The van der Waals surface area contributed by atoms with Crippen molar-refractivity contribution in [2.75, 3.05) is 18.0 Å². The Morgan fingerprint density at radius 1 is 0.800 bits per heavy atom. The van der Waals surface area contributed by atoms with Gasteiger partial charge < -0.3 is 9.47 Å². The molecule has 0 aliphatic carbocycles. The molecule has 3 fully saturated rings. The molecule has 152 valence electrons. The molecule has 3 aliphatic heterocycles. The van der Waals surface area contributed by atoms with E-state index in [9.17, 15) is 0 Å². The van der Waals surface area contributed by atoms with E-state index in [1.54, 1.807) is 0 Å². The highest BCUT2D eigenvalue weighted by atomic mass is 15.4. The Labute approximate surface area is 178 Å². The summed E-state index contributed by atoms with van der Waals surface area (Å²) in [6.45, 7) is 7.18. The van der Waals surface area contributed by atoms with Crippen molar-refractivity contribution in [2.24, 2.45) is 0 Å². The Bertz CT molecular complexity index is 1220. The van der Waals surface area contributed by atoms with Gasteiger partial charge >= 0.3 is 0 Å². The van der Waals surface area contributed by atoms with E-state index in [0.717, 1.165) is 0 Å². The van der Waals surface area contributed by atoms with Gasteiger partial charge in [-0.15, -0.1) is 0 Å². The summed E-state index contributed by atoms with van der Waals surface area (Å²) in [5.41, 5.74) is 6.61. The van der Waals surface area contributed by atoms with E-state index < -0.39 is 0 Å². The molecule has 3 nitrogen and oxygen atoms in total. The van der Waals surface area contributed by atoms with Gasteiger partial charge in [-0.1, -0.05) is 36.4 Å². The van der Waals surface area contributed by atoms with Crippen LogP contribution >= 0.6 is 0 Å². The summed E-state index contributed by atoms with van der Waals surface area (Å²) >= 11 is 0. The second-order valence-corrected chi connectivity index (χ2v) is 9.00. The Morgan fingerprint density at radius 3 is 2.47 bits per heavy atom. The average molecular weight is 396 g/mol. The van der Waals surface area contributed by atoms with Crippen LogP contribution < -0.4 is 4.90 Å². The van der Waals surface area contributed by atoms with Crippen LogP contribution in [0.3, 0.4) is 0 Å². The van der Waals surface area contributed by atoms with Gasteiger partial charge in [0.1, 0.15) is 0 Å². The van der Waals surface area contributed by atoms with Crippen LogP contribution in [0.1, 0.15) is 31.7 Å². The maximum absolute atomic E-state index is 2.72. The highest BCUT2D eigenvalue weighted by Gasteiger charge is 2.36. The van der Waals surface area contributed by atoms with Crippen molar-refractivity contribution in [3.05, 3.63) is 72.3 Å². The molecule has 3 aliphatic rings. The van der Waals surface area contributed by atoms with E-state index in [1.807, 2.05) is 0 Å². The van der Waals surface area contributed by atoms with Crippen molar-refractivity contribution in [3.8, 4) is 5.69 Å². The zero-order chi connectivity index (χ0) is 20.2. The molecule has 3 unspecified atom stereocenters. The molecule has 4 aromatic rings. The van der Waals surface area contributed by atoms with Crippen molar-refractivity contribution < 1.29 is 0 Å². The highest BCUT2D eigenvalue weighted by Crippen LogP contribution is 2.40. The van der Waals surface area contributed by atoms with Gasteiger partial charge in [0.2, 0.25) is 0 Å². The largest absolute Gasteiger partial charge is 0.353 e. The fourth-order valence-corrected chi connectivity index (χ4v) is 5.87. The van der Waals surface area contributed by atoms with Crippen molar-refractivity contribution in [3.63, 3.8) is 0 Å². The average Bonchev–Trinajstić information content (AvgIpc) is 2.90. The maximum Gasteiger partial charge on any atom is 0.0795 e. The fraction of sp³-hybridized carbons (Fsp3) is 0.333. The van der Waals surface area contributed by atoms with Crippen LogP contribution in [-0.4, -0.2) is 34.8 Å². The van der Waals surface area contributed by atoms with Gasteiger partial charge in [0.25, 0.3) is 0 Å². The highest BCUT2D eigenvalue weighted by molar-refractivity contribution is 6.10. The first kappa shape index (κ1) is 18.0. The van der Waals surface area contributed by atoms with Crippen molar-refractivity contribution in [1.82, 2.24) is 9.47 Å². The molecular weight excluding hydrogens is 366 g/mol. The van der Waals surface area contributed by atoms with Gasteiger partial charge in [0.05, 0.1) is 17.2 Å². The summed E-state index contributed by atoms with van der Waals surface area (Å²) in [6, 6.07) is 25.2. The molecule has 1 aromatic heterocycles. The molecule has 0 amide bonds. The third-order valence-corrected chi connectivity index (χ3v) is 7.34. The lowest BCUT2D eigenvalue weighted by molar-refractivity contribution is 0.177. The third-order valence-electron chi connectivity index (χ3n) is 7.34. The summed E-state index contributed by atoms with van der Waals surface area (Å²) in [5, 5.41) is 2.70. The molecule has 3 atom stereocenters. The van der Waals surface area contributed by atoms with Crippen LogP contribution in [0.5, 0.6) is 0 Å². The maximum atomic E-state index is 2.72. The molecule has 0 radical (unpaired) electrons. The van der Waals surface area contributed by atoms with Crippen molar-refractivity contribution >= 4 is 27.5 Å². The van der Waals surface area contributed by atoms with E-state index in [-0.39, 0.29) is 0 Å². The van der Waals surface area contributed by atoms with E-state index in [1.165, 1.54) is 71.1 Å². The quantitative estimate of drug-likeness (QED) is 0.405. The van der Waals surface area contributed by atoms with Crippen LogP contribution in [0.25, 0.3) is 27.5 Å². The van der Waals surface area contributed by atoms with Crippen LogP contribution in [0.4, 0.5) is 5.69 Å². The van der Waals surface area contributed by atoms with Crippen molar-refractivity contribution in [1.29, 1.82) is 0 Å². The second-order valence-electron chi connectivity index (χ2n) is 9.00. The first-order chi connectivity index (χ1) is 14.7. The minimum atomic E-state index is 0.477. The smallest absolute Gasteiger partial charge is 0.0795 e. The molecule has 7 rings (SSSR count). The molecule has 30 heavy (non-hydrogen) atoms. The number of anilines is 1. The minimum absolute atomic E-state index is 0.477. The molecule has 2 bridgehead atoms. The number of aromatic nitrogens is 1. The Balaban J connectivity index is 1.61. The molecule has 0 spiro atoms. The van der Waals surface area contributed by atoms with Gasteiger partial charge in [-0.3, -0.25) is 4.90 Å². The molecule has 0 saturated carbocycles. The molecular formula is C27H29N3. The Morgan fingerprint density at radius 2 is 1.60 bits per heavy atom. The van der Waals surface area contributed by atoms with Crippen LogP contribution in [0, 0.1) is 6.92 Å². The summed E-state index contributed by atoms with van der Waals surface area (Å²) in [4.78, 5) is 5.39. The molecule has 0 N–H and O–H groups in total. The number of para-hydroxylation sites is 2. The molecule has 4 heterocycles. The third kappa shape index (κ3) is 2.61. The van der Waals surface area contributed by atoms with E-state index in [4.69, 9.17) is 0 Å². The zero-order valence-corrected chi connectivity index (χ0v) is 17.9. The number of aryl methyl sites for hydroxylation is 1. The molecule has 3 heteroatoms. The summed E-state index contributed by atoms with van der Waals surface area (Å²) in [6.07, 6.45) is 4.39. The van der Waals surface area contributed by atoms with E-state index in [0.29, 0.717) is 12.2 Å². The number of nitrogens with zero attached hydrogens (tertiary/aromatic N) is 3. The van der Waals surface area contributed by atoms with Gasteiger partial charge in [-0.25, -0.2) is 0 Å². The second kappa shape index (κ2) is 6.88. The molecule has 3 aromatic carbocycles. The van der Waals surface area contributed by atoms with Crippen LogP contribution in [0.15, 0.2) is 66.7 Å². The SMILES string of the molecule is Cc1cc2c(cc1N1C3CCCN(CC3)C1C)c1ccccc1n2-c1ccccc1. The van der Waals surface area contributed by atoms with Crippen molar-refractivity contribution in [2.45, 2.75) is 45.3 Å². The molecule has 3 saturated heterocycles. The predicted molar refractivity (Wildman–Crippen MR) is 127 cm³/mol. The summed E-state index contributed by atoms with van der Waals surface area (Å²) < 4.78 is 2.42. The summed E-state index contributed by atoms with van der Waals surface area (Å²) in [7, 11) is 0. The van der Waals surface area contributed by atoms with Gasteiger partial charge in [0, 0.05) is 41.3 Å². The lowest BCUT2D eigenvalue weighted by Crippen LogP contribution is -2.55. The monoisotopic (exact) mass is 395 g/mol. The van der Waals surface area contributed by atoms with Crippen LogP contribution in [0.2, 0.25) is 0 Å². The van der Waals surface area contributed by atoms with Gasteiger partial charge in [0.15, 0.2) is 0 Å². The topological polar surface area (TPSA) is 11.4 Å². The minimum Gasteiger partial charge on any atom is -0.353 e. The van der Waals surface area contributed by atoms with E-state index in [2.05, 4.69) is 94.9 Å².